The van der Waals surface area contributed by atoms with E-state index in [2.05, 4.69) is 10.4 Å². The second kappa shape index (κ2) is 8.03. The highest BCUT2D eigenvalue weighted by Crippen LogP contribution is 2.22. The summed E-state index contributed by atoms with van der Waals surface area (Å²) in [4.78, 5) is 24.3. The Morgan fingerprint density at radius 3 is 2.35 bits per heavy atom. The minimum absolute atomic E-state index is 0.256. The summed E-state index contributed by atoms with van der Waals surface area (Å²) < 4.78 is 12.4. The number of rotatable bonds is 6. The third-order valence-corrected chi connectivity index (χ3v) is 4.18. The Bertz CT molecular complexity index is 806. The van der Waals surface area contributed by atoms with Gasteiger partial charge < -0.3 is 14.8 Å². The van der Waals surface area contributed by atoms with Gasteiger partial charge in [-0.25, -0.2) is 4.79 Å². The first-order chi connectivity index (χ1) is 12.2. The molecule has 0 fully saturated rings. The lowest BCUT2D eigenvalue weighted by Gasteiger charge is -2.15. The highest BCUT2D eigenvalue weighted by molar-refractivity contribution is 5.96. The highest BCUT2D eigenvalue weighted by atomic mass is 16.6. The maximum atomic E-state index is 12.3. The lowest BCUT2D eigenvalue weighted by molar-refractivity contribution is -0.155. The quantitative estimate of drug-likeness (QED) is 0.802. The molecule has 1 aromatic heterocycles. The van der Waals surface area contributed by atoms with E-state index in [4.69, 9.17) is 9.47 Å². The van der Waals surface area contributed by atoms with Crippen LogP contribution in [0.4, 0.5) is 5.69 Å². The van der Waals surface area contributed by atoms with Crippen molar-refractivity contribution in [1.29, 1.82) is 0 Å². The number of esters is 1. The molecule has 0 aliphatic heterocycles. The lowest BCUT2D eigenvalue weighted by Crippen LogP contribution is -2.32. The molecule has 0 spiro atoms. The number of carbonyl (C=O) groups is 2. The van der Waals surface area contributed by atoms with Crippen molar-refractivity contribution in [3.8, 4) is 5.75 Å². The summed E-state index contributed by atoms with van der Waals surface area (Å²) >= 11 is 0. The Kier molecular flexibility index (Phi) is 6.02. The second-order valence-electron chi connectivity index (χ2n) is 6.30. The number of benzene rings is 1. The summed E-state index contributed by atoms with van der Waals surface area (Å²) in [6, 6.07) is 5.73. The molecule has 0 saturated carbocycles. The van der Waals surface area contributed by atoms with Gasteiger partial charge in [-0.05, 0) is 45.7 Å². The summed E-state index contributed by atoms with van der Waals surface area (Å²) in [5.74, 6) is -0.359. The minimum Gasteiger partial charge on any atom is -0.481 e. The van der Waals surface area contributed by atoms with Gasteiger partial charge in [0, 0.05) is 7.05 Å². The van der Waals surface area contributed by atoms with Crippen LogP contribution in [0, 0.1) is 27.7 Å². The van der Waals surface area contributed by atoms with Crippen molar-refractivity contribution in [2.24, 2.45) is 7.05 Å². The molecule has 140 valence electrons. The molecule has 7 nitrogen and oxygen atoms in total. The van der Waals surface area contributed by atoms with Gasteiger partial charge in [-0.1, -0.05) is 18.2 Å². The molecule has 1 amide bonds. The molecule has 0 aliphatic carbocycles. The molecule has 26 heavy (non-hydrogen) atoms. The molecule has 1 N–H and O–H groups in total. The average Bonchev–Trinajstić information content (AvgIpc) is 2.80. The van der Waals surface area contributed by atoms with Gasteiger partial charge in [0.25, 0.3) is 5.91 Å². The fourth-order valence-corrected chi connectivity index (χ4v) is 2.62. The topological polar surface area (TPSA) is 82.4 Å². The standard InChI is InChI=1S/C19H25N3O4/c1-11-8-7-9-12(2)18(11)25-10-16(23)26-15(5)19(24)20-17-13(3)21-22(6)14(17)4/h7-9,15H,10H2,1-6H3,(H,20,24)/t15-/m0/s1. The molecule has 2 rings (SSSR count). The van der Waals surface area contributed by atoms with Crippen molar-refractivity contribution >= 4 is 17.6 Å². The third kappa shape index (κ3) is 4.41. The van der Waals surface area contributed by atoms with Crippen LogP contribution in [0.25, 0.3) is 0 Å². The first-order valence-electron chi connectivity index (χ1n) is 8.40. The fraction of sp³-hybridized carbons (Fsp3) is 0.421. The zero-order chi connectivity index (χ0) is 19.4. The number of hydrogen-bond acceptors (Lipinski definition) is 5. The summed E-state index contributed by atoms with van der Waals surface area (Å²) in [5, 5.41) is 6.99. The van der Waals surface area contributed by atoms with Gasteiger partial charge in [0.1, 0.15) is 5.75 Å². The predicted octanol–water partition coefficient (Wildman–Crippen LogP) is 2.60. The smallest absolute Gasteiger partial charge is 0.344 e. The number of nitrogens with zero attached hydrogens (tertiary/aromatic N) is 2. The van der Waals surface area contributed by atoms with Crippen LogP contribution >= 0.6 is 0 Å². The van der Waals surface area contributed by atoms with Crippen LogP contribution in [0.5, 0.6) is 5.75 Å². The number of aryl methyl sites for hydroxylation is 4. The van der Waals surface area contributed by atoms with Gasteiger partial charge in [0.2, 0.25) is 0 Å². The fourth-order valence-electron chi connectivity index (χ4n) is 2.62. The van der Waals surface area contributed by atoms with Crippen LogP contribution in [-0.4, -0.2) is 34.4 Å². The Balaban J connectivity index is 1.91. The number of amides is 1. The van der Waals surface area contributed by atoms with E-state index in [1.54, 1.807) is 18.7 Å². The van der Waals surface area contributed by atoms with E-state index >= 15 is 0 Å². The van der Waals surface area contributed by atoms with E-state index in [9.17, 15) is 9.59 Å². The monoisotopic (exact) mass is 359 g/mol. The number of hydrogen-bond donors (Lipinski definition) is 1. The number of anilines is 1. The first kappa shape index (κ1) is 19.5. The predicted molar refractivity (Wildman–Crippen MR) is 98.3 cm³/mol. The SMILES string of the molecule is Cc1cccc(C)c1OCC(=O)O[C@@H](C)C(=O)Nc1c(C)nn(C)c1C. The Hall–Kier alpha value is -2.83. The van der Waals surface area contributed by atoms with Gasteiger partial charge in [-0.2, -0.15) is 5.10 Å². The number of ether oxygens (including phenoxy) is 2. The van der Waals surface area contributed by atoms with Gasteiger partial charge in [-0.3, -0.25) is 9.48 Å². The van der Waals surface area contributed by atoms with Gasteiger partial charge >= 0.3 is 5.97 Å². The molecule has 2 aromatic rings. The normalized spacial score (nSPS) is 11.8. The van der Waals surface area contributed by atoms with E-state index in [1.807, 2.05) is 39.0 Å². The summed E-state index contributed by atoms with van der Waals surface area (Å²) in [6.45, 7) is 8.73. The molecule has 0 radical (unpaired) electrons. The molecule has 7 heteroatoms. The van der Waals surface area contributed by atoms with E-state index < -0.39 is 18.0 Å². The molecule has 0 aliphatic rings. The number of carbonyl (C=O) groups excluding carboxylic acids is 2. The van der Waals surface area contributed by atoms with Crippen molar-refractivity contribution < 1.29 is 19.1 Å². The molecule has 0 bridgehead atoms. The van der Waals surface area contributed by atoms with Crippen LogP contribution < -0.4 is 10.1 Å². The van der Waals surface area contributed by atoms with Crippen LogP contribution in [0.1, 0.15) is 29.4 Å². The summed E-state index contributed by atoms with van der Waals surface area (Å²) in [6.07, 6.45) is -0.942. The highest BCUT2D eigenvalue weighted by Gasteiger charge is 2.21. The summed E-state index contributed by atoms with van der Waals surface area (Å²) in [5.41, 5.74) is 4.03. The van der Waals surface area contributed by atoms with E-state index in [1.165, 1.54) is 6.92 Å². The average molecular weight is 359 g/mol. The van der Waals surface area contributed by atoms with Crippen molar-refractivity contribution in [2.45, 2.75) is 40.7 Å². The zero-order valence-electron chi connectivity index (χ0n) is 16.0. The lowest BCUT2D eigenvalue weighted by atomic mass is 10.1. The van der Waals surface area contributed by atoms with E-state index in [0.29, 0.717) is 17.1 Å². The molecule has 1 atom stereocenters. The molecule has 1 aromatic carbocycles. The second-order valence-corrected chi connectivity index (χ2v) is 6.30. The largest absolute Gasteiger partial charge is 0.481 e. The van der Waals surface area contributed by atoms with Crippen LogP contribution in [-0.2, 0) is 21.4 Å². The van der Waals surface area contributed by atoms with Crippen LogP contribution in [0.2, 0.25) is 0 Å². The maximum Gasteiger partial charge on any atom is 0.344 e. The molecule has 0 saturated heterocycles. The first-order valence-corrected chi connectivity index (χ1v) is 8.40. The third-order valence-electron chi connectivity index (χ3n) is 4.18. The van der Waals surface area contributed by atoms with E-state index in [0.717, 1.165) is 16.8 Å². The molecular weight excluding hydrogens is 334 g/mol. The van der Waals surface area contributed by atoms with Gasteiger partial charge in [-0.15, -0.1) is 0 Å². The van der Waals surface area contributed by atoms with Crippen LogP contribution in [0.15, 0.2) is 18.2 Å². The minimum atomic E-state index is -0.942. The number of nitrogens with one attached hydrogen (secondary N) is 1. The molecule has 0 unspecified atom stereocenters. The Labute approximate surface area is 153 Å². The van der Waals surface area contributed by atoms with Crippen LogP contribution in [0.3, 0.4) is 0 Å². The van der Waals surface area contributed by atoms with E-state index in [-0.39, 0.29) is 6.61 Å². The number of aromatic nitrogens is 2. The van der Waals surface area contributed by atoms with Gasteiger partial charge in [0.15, 0.2) is 12.7 Å². The Morgan fingerprint density at radius 2 is 1.81 bits per heavy atom. The maximum absolute atomic E-state index is 12.3. The number of para-hydroxylation sites is 1. The van der Waals surface area contributed by atoms with Crippen molar-refractivity contribution in [3.05, 3.63) is 40.7 Å². The Morgan fingerprint density at radius 1 is 1.19 bits per heavy atom. The van der Waals surface area contributed by atoms with Crippen molar-refractivity contribution in [1.82, 2.24) is 9.78 Å². The molecular formula is C19H25N3O4. The van der Waals surface area contributed by atoms with Crippen molar-refractivity contribution in [2.75, 3.05) is 11.9 Å². The summed E-state index contributed by atoms with van der Waals surface area (Å²) in [7, 11) is 1.80. The molecule has 1 heterocycles. The van der Waals surface area contributed by atoms with Crippen molar-refractivity contribution in [3.63, 3.8) is 0 Å². The van der Waals surface area contributed by atoms with Gasteiger partial charge in [0.05, 0.1) is 17.1 Å². The zero-order valence-corrected chi connectivity index (χ0v) is 16.0.